The maximum atomic E-state index is 11.7. The van der Waals surface area contributed by atoms with E-state index in [9.17, 15) is 9.59 Å². The van der Waals surface area contributed by atoms with E-state index in [1.54, 1.807) is 29.2 Å². The fourth-order valence-electron chi connectivity index (χ4n) is 1.79. The minimum atomic E-state index is -0.502. The van der Waals surface area contributed by atoms with E-state index in [0.29, 0.717) is 24.2 Å². The lowest BCUT2D eigenvalue weighted by atomic mass is 10.2. The van der Waals surface area contributed by atoms with Crippen LogP contribution in [-0.4, -0.2) is 24.4 Å². The van der Waals surface area contributed by atoms with Crippen LogP contribution in [0.25, 0.3) is 0 Å². The van der Waals surface area contributed by atoms with Crippen LogP contribution < -0.4 is 16.4 Å². The molecular weight excluding hydrogens is 206 g/mol. The van der Waals surface area contributed by atoms with Crippen molar-refractivity contribution < 1.29 is 9.59 Å². The molecule has 0 radical (unpaired) electrons. The van der Waals surface area contributed by atoms with E-state index in [1.165, 1.54) is 0 Å². The van der Waals surface area contributed by atoms with Gasteiger partial charge in [0.1, 0.15) is 0 Å². The van der Waals surface area contributed by atoms with Crippen LogP contribution in [0.15, 0.2) is 24.3 Å². The molecule has 1 atom stereocenters. The van der Waals surface area contributed by atoms with Gasteiger partial charge < -0.3 is 16.4 Å². The predicted molar refractivity (Wildman–Crippen MR) is 59.9 cm³/mol. The number of hydrogen-bond donors (Lipinski definition) is 2. The van der Waals surface area contributed by atoms with Gasteiger partial charge >= 0.3 is 0 Å². The first-order chi connectivity index (χ1) is 7.59. The van der Waals surface area contributed by atoms with E-state index in [1.807, 2.05) is 0 Å². The van der Waals surface area contributed by atoms with Gasteiger partial charge in [0.2, 0.25) is 11.8 Å². The van der Waals surface area contributed by atoms with Gasteiger partial charge in [-0.1, -0.05) is 6.07 Å². The minimum Gasteiger partial charge on any atom is -0.366 e. The maximum absolute atomic E-state index is 11.7. The summed E-state index contributed by atoms with van der Waals surface area (Å²) in [4.78, 5) is 24.3. The second kappa shape index (κ2) is 3.94. The van der Waals surface area contributed by atoms with Crippen LogP contribution in [0.4, 0.5) is 5.69 Å². The van der Waals surface area contributed by atoms with Crippen LogP contribution in [0.2, 0.25) is 0 Å². The fourth-order valence-corrected chi connectivity index (χ4v) is 1.79. The Labute approximate surface area is 93.0 Å². The third kappa shape index (κ3) is 1.77. The molecule has 1 fully saturated rings. The number of primary amides is 1. The number of carbonyl (C=O) groups excluding carboxylic acids is 2. The maximum Gasteiger partial charge on any atom is 0.248 e. The number of nitrogens with two attached hydrogens (primary N) is 2. The highest BCUT2D eigenvalue weighted by molar-refractivity contribution is 6.01. The molecule has 1 aliphatic rings. The van der Waals surface area contributed by atoms with Crippen molar-refractivity contribution in [2.24, 2.45) is 11.5 Å². The Morgan fingerprint density at radius 1 is 1.44 bits per heavy atom. The van der Waals surface area contributed by atoms with E-state index < -0.39 is 11.9 Å². The summed E-state index contributed by atoms with van der Waals surface area (Å²) in [6.07, 6.45) is 0.639. The quantitative estimate of drug-likeness (QED) is 0.724. The summed E-state index contributed by atoms with van der Waals surface area (Å²) in [7, 11) is 0. The van der Waals surface area contributed by atoms with Gasteiger partial charge in [0, 0.05) is 17.8 Å². The summed E-state index contributed by atoms with van der Waals surface area (Å²) in [5, 5.41) is 0. The normalized spacial score (nSPS) is 20.2. The fraction of sp³-hybridized carbons (Fsp3) is 0.273. The van der Waals surface area contributed by atoms with Crippen molar-refractivity contribution in [3.05, 3.63) is 29.8 Å². The summed E-state index contributed by atoms with van der Waals surface area (Å²) in [5.41, 5.74) is 11.9. The molecule has 2 rings (SSSR count). The molecule has 1 aromatic carbocycles. The second-order valence-electron chi connectivity index (χ2n) is 3.80. The van der Waals surface area contributed by atoms with Crippen LogP contribution >= 0.6 is 0 Å². The average molecular weight is 219 g/mol. The average Bonchev–Trinajstić information content (AvgIpc) is 2.60. The molecule has 4 N–H and O–H groups in total. The molecule has 1 unspecified atom stereocenters. The van der Waals surface area contributed by atoms with Gasteiger partial charge in [0.05, 0.1) is 6.04 Å². The molecule has 16 heavy (non-hydrogen) atoms. The van der Waals surface area contributed by atoms with Crippen LogP contribution in [0, 0.1) is 0 Å². The largest absolute Gasteiger partial charge is 0.366 e. The van der Waals surface area contributed by atoms with Gasteiger partial charge in [-0.25, -0.2) is 0 Å². The highest BCUT2D eigenvalue weighted by Gasteiger charge is 2.29. The molecule has 2 amide bonds. The standard InChI is InChI=1S/C11H13N3O2/c12-9-4-5-14(11(9)16)8-3-1-2-7(6-8)10(13)15/h1-3,6,9H,4-5,12H2,(H2,13,15). The molecule has 0 spiro atoms. The molecule has 5 nitrogen and oxygen atoms in total. The van der Waals surface area contributed by atoms with Crippen molar-refractivity contribution in [1.82, 2.24) is 0 Å². The summed E-state index contributed by atoms with van der Waals surface area (Å²) in [5.74, 6) is -0.612. The molecule has 5 heteroatoms. The highest BCUT2D eigenvalue weighted by Crippen LogP contribution is 2.21. The van der Waals surface area contributed by atoms with Crippen LogP contribution in [0.3, 0.4) is 0 Å². The molecule has 0 aliphatic carbocycles. The molecule has 1 aliphatic heterocycles. The first-order valence-electron chi connectivity index (χ1n) is 5.06. The Morgan fingerprint density at radius 2 is 2.19 bits per heavy atom. The monoisotopic (exact) mass is 219 g/mol. The molecule has 1 saturated heterocycles. The smallest absolute Gasteiger partial charge is 0.248 e. The van der Waals surface area contributed by atoms with E-state index in [4.69, 9.17) is 11.5 Å². The number of amides is 2. The summed E-state index contributed by atoms with van der Waals surface area (Å²) >= 11 is 0. The van der Waals surface area contributed by atoms with Crippen molar-refractivity contribution >= 4 is 17.5 Å². The molecule has 84 valence electrons. The van der Waals surface area contributed by atoms with Gasteiger partial charge in [-0.3, -0.25) is 9.59 Å². The Kier molecular flexibility index (Phi) is 2.62. The van der Waals surface area contributed by atoms with Crippen LogP contribution in [-0.2, 0) is 4.79 Å². The van der Waals surface area contributed by atoms with Gasteiger partial charge in [0.25, 0.3) is 0 Å². The first kappa shape index (κ1) is 10.6. The predicted octanol–water partition coefficient (Wildman–Crippen LogP) is -0.150. The van der Waals surface area contributed by atoms with Crippen molar-refractivity contribution in [2.75, 3.05) is 11.4 Å². The summed E-state index contributed by atoms with van der Waals surface area (Å²) in [6.45, 7) is 0.586. The molecule has 1 heterocycles. The lowest BCUT2D eigenvalue weighted by Crippen LogP contribution is -2.34. The van der Waals surface area contributed by atoms with Crippen molar-refractivity contribution in [3.8, 4) is 0 Å². The van der Waals surface area contributed by atoms with E-state index >= 15 is 0 Å². The topological polar surface area (TPSA) is 89.4 Å². The zero-order chi connectivity index (χ0) is 11.7. The summed E-state index contributed by atoms with van der Waals surface area (Å²) < 4.78 is 0. The summed E-state index contributed by atoms with van der Waals surface area (Å²) in [6, 6.07) is 6.26. The lowest BCUT2D eigenvalue weighted by molar-refractivity contribution is -0.118. The highest BCUT2D eigenvalue weighted by atomic mass is 16.2. The molecule has 1 aromatic rings. The SMILES string of the molecule is NC(=O)c1cccc(N2CCC(N)C2=O)c1. The Bertz CT molecular complexity index is 445. The number of carbonyl (C=O) groups is 2. The van der Waals surface area contributed by atoms with Crippen LogP contribution in [0.1, 0.15) is 16.8 Å². The molecule has 0 saturated carbocycles. The van der Waals surface area contributed by atoms with E-state index in [-0.39, 0.29) is 5.91 Å². The Morgan fingerprint density at radius 3 is 2.75 bits per heavy atom. The van der Waals surface area contributed by atoms with Crippen molar-refractivity contribution in [3.63, 3.8) is 0 Å². The second-order valence-corrected chi connectivity index (χ2v) is 3.80. The van der Waals surface area contributed by atoms with E-state index in [0.717, 1.165) is 0 Å². The van der Waals surface area contributed by atoms with Crippen molar-refractivity contribution in [1.29, 1.82) is 0 Å². The lowest BCUT2D eigenvalue weighted by Gasteiger charge is -2.16. The number of hydrogen-bond acceptors (Lipinski definition) is 3. The molecule has 0 bridgehead atoms. The zero-order valence-electron chi connectivity index (χ0n) is 8.72. The number of anilines is 1. The number of benzene rings is 1. The number of rotatable bonds is 2. The Balaban J connectivity index is 2.31. The number of nitrogens with zero attached hydrogens (tertiary/aromatic N) is 1. The molecule has 0 aromatic heterocycles. The van der Waals surface area contributed by atoms with E-state index in [2.05, 4.69) is 0 Å². The van der Waals surface area contributed by atoms with Crippen LogP contribution in [0.5, 0.6) is 0 Å². The van der Waals surface area contributed by atoms with Crippen molar-refractivity contribution in [2.45, 2.75) is 12.5 Å². The minimum absolute atomic E-state index is 0.110. The van der Waals surface area contributed by atoms with Gasteiger partial charge in [-0.15, -0.1) is 0 Å². The zero-order valence-corrected chi connectivity index (χ0v) is 8.72. The molecular formula is C11H13N3O2. The van der Waals surface area contributed by atoms with Gasteiger partial charge in [-0.05, 0) is 24.6 Å². The third-order valence-corrected chi connectivity index (χ3v) is 2.69. The Hall–Kier alpha value is -1.88. The first-order valence-corrected chi connectivity index (χ1v) is 5.06. The van der Waals surface area contributed by atoms with Gasteiger partial charge in [-0.2, -0.15) is 0 Å². The van der Waals surface area contributed by atoms with Gasteiger partial charge in [0.15, 0.2) is 0 Å². The third-order valence-electron chi connectivity index (χ3n) is 2.69.